The predicted octanol–water partition coefficient (Wildman–Crippen LogP) is 3.22. The van der Waals surface area contributed by atoms with Gasteiger partial charge in [-0.3, -0.25) is 9.80 Å². The lowest BCUT2D eigenvalue weighted by molar-refractivity contribution is 0.255. The summed E-state index contributed by atoms with van der Waals surface area (Å²) in [5, 5.41) is 0. The van der Waals surface area contributed by atoms with Gasteiger partial charge in [0.25, 0.3) is 0 Å². The van der Waals surface area contributed by atoms with Crippen molar-refractivity contribution in [3.63, 3.8) is 0 Å². The van der Waals surface area contributed by atoms with Gasteiger partial charge in [0.15, 0.2) is 9.84 Å². The summed E-state index contributed by atoms with van der Waals surface area (Å²) >= 11 is 0. The fraction of sp³-hybridized carbons (Fsp3) is 0.350. The van der Waals surface area contributed by atoms with Gasteiger partial charge in [-0.1, -0.05) is 23.8 Å². The Kier molecular flexibility index (Phi) is 3.84. The molecule has 2 heterocycles. The molecule has 0 saturated carbocycles. The van der Waals surface area contributed by atoms with Crippen molar-refractivity contribution in [1.82, 2.24) is 0 Å². The largest absolute Gasteiger partial charge is 0.329 e. The molecule has 0 aromatic heterocycles. The zero-order valence-corrected chi connectivity index (χ0v) is 16.0. The van der Waals surface area contributed by atoms with E-state index in [1.807, 2.05) is 63.2 Å². The number of amides is 2. The number of fused-ring (bicyclic) bond motifs is 1. The van der Waals surface area contributed by atoms with Crippen LogP contribution in [0.1, 0.15) is 16.7 Å². The Morgan fingerprint density at radius 2 is 1.27 bits per heavy atom. The summed E-state index contributed by atoms with van der Waals surface area (Å²) in [4.78, 5) is 16.6. The SMILES string of the molecule is Cc1ccc(N2C(=O)N(c3cc(C)cc(C)c3)[C@@H]3CS(=O)(=O)C[C@@H]32)cc1. The molecule has 2 fully saturated rings. The van der Waals surface area contributed by atoms with Crippen molar-refractivity contribution in [1.29, 1.82) is 0 Å². The Morgan fingerprint density at radius 3 is 1.81 bits per heavy atom. The maximum Gasteiger partial charge on any atom is 0.329 e. The first-order valence-electron chi connectivity index (χ1n) is 8.73. The van der Waals surface area contributed by atoms with Gasteiger partial charge in [0.2, 0.25) is 0 Å². The van der Waals surface area contributed by atoms with E-state index in [0.717, 1.165) is 28.1 Å². The number of nitrogens with zero attached hydrogens (tertiary/aromatic N) is 2. The Hall–Kier alpha value is -2.34. The summed E-state index contributed by atoms with van der Waals surface area (Å²) in [5.74, 6) is 0.0251. The van der Waals surface area contributed by atoms with E-state index in [1.54, 1.807) is 9.80 Å². The quantitative estimate of drug-likeness (QED) is 0.763. The van der Waals surface area contributed by atoms with Crippen LogP contribution in [0.25, 0.3) is 0 Å². The standard InChI is InChI=1S/C20H22N2O3S/c1-13-4-6-16(7-5-13)21-18-11-26(24,25)12-19(18)22(20(21)23)17-9-14(2)8-15(3)10-17/h4-10,18-19H,11-12H2,1-3H3/t18-,19+/m0/s1. The molecule has 6 heteroatoms. The molecule has 26 heavy (non-hydrogen) atoms. The normalized spacial score (nSPS) is 24.2. The first-order chi connectivity index (χ1) is 12.2. The van der Waals surface area contributed by atoms with Gasteiger partial charge in [0, 0.05) is 11.4 Å². The smallest absolute Gasteiger partial charge is 0.288 e. The van der Waals surface area contributed by atoms with E-state index in [4.69, 9.17) is 0 Å². The van der Waals surface area contributed by atoms with E-state index in [-0.39, 0.29) is 29.6 Å². The van der Waals surface area contributed by atoms with E-state index in [2.05, 4.69) is 0 Å². The van der Waals surface area contributed by atoms with Gasteiger partial charge in [0.05, 0.1) is 23.6 Å². The highest BCUT2D eigenvalue weighted by atomic mass is 32.2. The second-order valence-electron chi connectivity index (χ2n) is 7.42. The molecule has 5 nitrogen and oxygen atoms in total. The lowest BCUT2D eigenvalue weighted by Gasteiger charge is -2.23. The van der Waals surface area contributed by atoms with Gasteiger partial charge < -0.3 is 0 Å². The average Bonchev–Trinajstić information content (AvgIpc) is 2.96. The summed E-state index contributed by atoms with van der Waals surface area (Å²) < 4.78 is 24.7. The molecule has 2 aliphatic rings. The van der Waals surface area contributed by atoms with E-state index in [1.165, 1.54) is 0 Å². The van der Waals surface area contributed by atoms with Crippen LogP contribution in [0.4, 0.5) is 16.2 Å². The van der Waals surface area contributed by atoms with Crippen molar-refractivity contribution < 1.29 is 13.2 Å². The number of rotatable bonds is 2. The van der Waals surface area contributed by atoms with Gasteiger partial charge in [-0.15, -0.1) is 0 Å². The van der Waals surface area contributed by atoms with Gasteiger partial charge in [-0.2, -0.15) is 0 Å². The molecule has 2 aromatic carbocycles. The maximum absolute atomic E-state index is 13.3. The molecule has 0 unspecified atom stereocenters. The highest BCUT2D eigenvalue weighted by molar-refractivity contribution is 7.91. The molecule has 0 bridgehead atoms. The summed E-state index contributed by atoms with van der Waals surface area (Å²) in [6.07, 6.45) is 0. The van der Waals surface area contributed by atoms with Crippen LogP contribution in [0.15, 0.2) is 42.5 Å². The van der Waals surface area contributed by atoms with E-state index in [9.17, 15) is 13.2 Å². The summed E-state index contributed by atoms with van der Waals surface area (Å²) in [6, 6.07) is 12.8. The topological polar surface area (TPSA) is 57.7 Å². The zero-order chi connectivity index (χ0) is 18.6. The van der Waals surface area contributed by atoms with Crippen molar-refractivity contribution >= 4 is 27.2 Å². The fourth-order valence-electron chi connectivity index (χ4n) is 4.10. The Morgan fingerprint density at radius 1 is 0.769 bits per heavy atom. The third-order valence-corrected chi connectivity index (χ3v) is 6.86. The molecule has 2 saturated heterocycles. The second-order valence-corrected chi connectivity index (χ2v) is 9.57. The number of hydrogen-bond acceptors (Lipinski definition) is 3. The molecule has 136 valence electrons. The Balaban J connectivity index is 1.82. The summed E-state index contributed by atoms with van der Waals surface area (Å²) in [7, 11) is -3.17. The van der Waals surface area contributed by atoms with Gasteiger partial charge in [0.1, 0.15) is 0 Å². The number of urea groups is 1. The summed E-state index contributed by atoms with van der Waals surface area (Å²) in [6.45, 7) is 5.95. The molecule has 2 atom stereocenters. The predicted molar refractivity (Wildman–Crippen MR) is 104 cm³/mol. The minimum atomic E-state index is -3.17. The zero-order valence-electron chi connectivity index (χ0n) is 15.1. The highest BCUT2D eigenvalue weighted by Crippen LogP contribution is 2.38. The number of sulfone groups is 1. The molecule has 0 spiro atoms. The van der Waals surface area contributed by atoms with Crippen molar-refractivity contribution in [2.45, 2.75) is 32.9 Å². The van der Waals surface area contributed by atoms with Crippen molar-refractivity contribution in [3.05, 3.63) is 59.2 Å². The van der Waals surface area contributed by atoms with E-state index >= 15 is 0 Å². The number of carbonyl (C=O) groups excluding carboxylic acids is 1. The molecule has 2 aromatic rings. The highest BCUT2D eigenvalue weighted by Gasteiger charge is 2.54. The van der Waals surface area contributed by atoms with Crippen LogP contribution in [0.2, 0.25) is 0 Å². The molecular formula is C20H22N2O3S. The first kappa shape index (κ1) is 17.1. The lowest BCUT2D eigenvalue weighted by Crippen LogP contribution is -2.38. The van der Waals surface area contributed by atoms with E-state index < -0.39 is 9.84 Å². The van der Waals surface area contributed by atoms with Gasteiger partial charge >= 0.3 is 6.03 Å². The van der Waals surface area contributed by atoms with E-state index in [0.29, 0.717) is 0 Å². The van der Waals surface area contributed by atoms with Crippen molar-refractivity contribution in [2.24, 2.45) is 0 Å². The average molecular weight is 370 g/mol. The number of benzene rings is 2. The molecule has 0 radical (unpaired) electrons. The number of carbonyl (C=O) groups is 1. The van der Waals surface area contributed by atoms with Crippen molar-refractivity contribution in [3.8, 4) is 0 Å². The summed E-state index contributed by atoms with van der Waals surface area (Å²) in [5.41, 5.74) is 4.73. The Labute approximate surface area is 154 Å². The van der Waals surface area contributed by atoms with Crippen LogP contribution in [0.5, 0.6) is 0 Å². The van der Waals surface area contributed by atoms with Crippen LogP contribution in [-0.4, -0.2) is 38.0 Å². The fourth-order valence-corrected chi connectivity index (χ4v) is 6.02. The third kappa shape index (κ3) is 2.78. The molecule has 4 rings (SSSR count). The minimum Gasteiger partial charge on any atom is -0.288 e. The Bertz CT molecular complexity index is 962. The van der Waals surface area contributed by atoms with Gasteiger partial charge in [-0.05, 0) is 56.2 Å². The maximum atomic E-state index is 13.3. The lowest BCUT2D eigenvalue weighted by atomic mass is 10.1. The first-order valence-corrected chi connectivity index (χ1v) is 10.6. The second kappa shape index (κ2) is 5.84. The minimum absolute atomic E-state index is 0.0125. The van der Waals surface area contributed by atoms with Crippen LogP contribution < -0.4 is 9.80 Å². The van der Waals surface area contributed by atoms with Crippen LogP contribution in [0.3, 0.4) is 0 Å². The third-order valence-electron chi connectivity index (χ3n) is 5.17. The number of aryl methyl sites for hydroxylation is 3. The molecule has 0 N–H and O–H groups in total. The molecule has 0 aliphatic carbocycles. The van der Waals surface area contributed by atoms with Crippen LogP contribution in [-0.2, 0) is 9.84 Å². The molecule has 2 aliphatic heterocycles. The van der Waals surface area contributed by atoms with Crippen molar-refractivity contribution in [2.75, 3.05) is 21.3 Å². The van der Waals surface area contributed by atoms with Crippen LogP contribution >= 0.6 is 0 Å². The van der Waals surface area contributed by atoms with Crippen LogP contribution in [0, 0.1) is 20.8 Å². The number of hydrogen-bond donors (Lipinski definition) is 0. The monoisotopic (exact) mass is 370 g/mol. The number of anilines is 2. The molecular weight excluding hydrogens is 348 g/mol. The van der Waals surface area contributed by atoms with Gasteiger partial charge in [-0.25, -0.2) is 13.2 Å². The molecule has 2 amide bonds.